The van der Waals surface area contributed by atoms with E-state index in [1.165, 1.54) is 0 Å². The van der Waals surface area contributed by atoms with Crippen molar-refractivity contribution in [2.45, 2.75) is 0 Å². The van der Waals surface area contributed by atoms with Gasteiger partial charge in [-0.1, -0.05) is 164 Å². The van der Waals surface area contributed by atoms with Gasteiger partial charge < -0.3 is 8.83 Å². The normalized spacial score (nSPS) is 11.5. The summed E-state index contributed by atoms with van der Waals surface area (Å²) in [6.45, 7) is 0. The van der Waals surface area contributed by atoms with Gasteiger partial charge in [0.25, 0.3) is 0 Å². The Balaban J connectivity index is 0.914. The second-order valence-corrected chi connectivity index (χ2v) is 15.3. The maximum Gasteiger partial charge on any atom is 0.180 e. The zero-order valence-electron chi connectivity index (χ0n) is 33.1. The van der Waals surface area contributed by atoms with Crippen LogP contribution in [0.1, 0.15) is 0 Å². The van der Waals surface area contributed by atoms with Crippen molar-refractivity contribution in [3.05, 3.63) is 200 Å². The fourth-order valence-electron chi connectivity index (χ4n) is 8.22. The van der Waals surface area contributed by atoms with E-state index in [0.717, 1.165) is 94.2 Å². The molecule has 0 aliphatic heterocycles. The van der Waals surface area contributed by atoms with E-state index < -0.39 is 0 Å². The van der Waals surface area contributed by atoms with Gasteiger partial charge in [0, 0.05) is 44.0 Å². The molecule has 0 unspecified atom stereocenters. The average Bonchev–Trinajstić information content (AvgIpc) is 3.92. The molecule has 12 rings (SSSR count). The minimum absolute atomic E-state index is 0.621. The molecule has 0 bridgehead atoms. The van der Waals surface area contributed by atoms with E-state index >= 15 is 0 Å². The van der Waals surface area contributed by atoms with Gasteiger partial charge in [-0.15, -0.1) is 0 Å². The molecule has 0 aliphatic carbocycles. The first kappa shape index (κ1) is 35.4. The molecule has 0 fully saturated rings. The topological polar surface area (TPSA) is 90.7 Å². The van der Waals surface area contributed by atoms with Crippen LogP contribution in [0.5, 0.6) is 0 Å². The van der Waals surface area contributed by atoms with E-state index in [4.69, 9.17) is 33.8 Å². The van der Waals surface area contributed by atoms with E-state index in [2.05, 4.69) is 84.9 Å². The third kappa shape index (κ3) is 6.28. The lowest BCUT2D eigenvalue weighted by Crippen LogP contribution is -2.00. The van der Waals surface area contributed by atoms with Crippen LogP contribution in [0.4, 0.5) is 0 Å². The predicted octanol–water partition coefficient (Wildman–Crippen LogP) is 14.1. The van der Waals surface area contributed by atoms with Crippen LogP contribution in [0.2, 0.25) is 0 Å². The van der Waals surface area contributed by atoms with Crippen molar-refractivity contribution >= 4 is 44.0 Å². The van der Waals surface area contributed by atoms with Crippen molar-refractivity contribution in [2.75, 3.05) is 0 Å². The van der Waals surface area contributed by atoms with Crippen molar-refractivity contribution in [2.24, 2.45) is 0 Å². The van der Waals surface area contributed by atoms with Gasteiger partial charge in [-0.25, -0.2) is 24.9 Å². The molecule has 0 radical (unpaired) electrons. The summed E-state index contributed by atoms with van der Waals surface area (Å²) in [7, 11) is 0. The Morgan fingerprint density at radius 1 is 0.258 bits per heavy atom. The number of aromatic nitrogens is 5. The van der Waals surface area contributed by atoms with Crippen LogP contribution in [-0.2, 0) is 0 Å². The fourth-order valence-corrected chi connectivity index (χ4v) is 8.22. The summed E-state index contributed by atoms with van der Waals surface area (Å²) >= 11 is 0. The van der Waals surface area contributed by atoms with Crippen molar-refractivity contribution in [1.29, 1.82) is 0 Å². The summed E-state index contributed by atoms with van der Waals surface area (Å²) in [5.74, 6) is 2.55. The summed E-state index contributed by atoms with van der Waals surface area (Å²) in [6.07, 6.45) is 0. The second kappa shape index (κ2) is 14.6. The third-order valence-corrected chi connectivity index (χ3v) is 11.4. The maximum absolute atomic E-state index is 6.52. The highest BCUT2D eigenvalue weighted by atomic mass is 16.3. The highest BCUT2D eigenvalue weighted by Crippen LogP contribution is 2.40. The monoisotopic (exact) mass is 795 g/mol. The first-order valence-electron chi connectivity index (χ1n) is 20.5. The van der Waals surface area contributed by atoms with Crippen LogP contribution < -0.4 is 0 Å². The zero-order chi connectivity index (χ0) is 41.0. The molecule has 8 aromatic carbocycles. The first-order valence-corrected chi connectivity index (χ1v) is 20.5. The number of rotatable bonds is 7. The molecule has 12 aromatic rings. The Morgan fingerprint density at radius 2 is 0.613 bits per heavy atom. The summed E-state index contributed by atoms with van der Waals surface area (Å²) in [5.41, 5.74) is 13.6. The first-order chi connectivity index (χ1) is 30.7. The van der Waals surface area contributed by atoms with Crippen LogP contribution in [0.3, 0.4) is 0 Å². The largest absolute Gasteiger partial charge is 0.456 e. The molecule has 0 spiro atoms. The van der Waals surface area contributed by atoms with Crippen molar-refractivity contribution < 1.29 is 8.83 Å². The SMILES string of the molecule is c1ccc(-c2nc(-c3ccccc3)nc(-c3ccc(-c4ccc5oc6ccc(-c7ccc8oc9c(-c%10ccccc%10)nc(-c%10ccccc%10)nc9c8c7)cc6c5c4)cc3)n2)cc1. The molecule has 0 N–H and O–H groups in total. The van der Waals surface area contributed by atoms with Crippen molar-refractivity contribution in [3.8, 4) is 79.1 Å². The Hall–Kier alpha value is -8.55. The average molecular weight is 796 g/mol. The molecular weight excluding hydrogens is 763 g/mol. The molecule has 7 nitrogen and oxygen atoms in total. The van der Waals surface area contributed by atoms with Gasteiger partial charge >= 0.3 is 0 Å². The molecule has 0 amide bonds. The van der Waals surface area contributed by atoms with Crippen LogP contribution in [0.15, 0.2) is 209 Å². The fraction of sp³-hybridized carbons (Fsp3) is 0. The second-order valence-electron chi connectivity index (χ2n) is 15.3. The minimum Gasteiger partial charge on any atom is -0.456 e. The third-order valence-electron chi connectivity index (χ3n) is 11.4. The minimum atomic E-state index is 0.621. The van der Waals surface area contributed by atoms with Crippen molar-refractivity contribution in [1.82, 2.24) is 24.9 Å². The molecule has 4 heterocycles. The van der Waals surface area contributed by atoms with Crippen LogP contribution in [0.25, 0.3) is 123 Å². The van der Waals surface area contributed by atoms with Gasteiger partial charge in [0.15, 0.2) is 28.9 Å². The molecule has 4 aromatic heterocycles. The lowest BCUT2D eigenvalue weighted by Gasteiger charge is -2.09. The number of fused-ring (bicyclic) bond motifs is 6. The van der Waals surface area contributed by atoms with Gasteiger partial charge in [-0.3, -0.25) is 0 Å². The molecule has 290 valence electrons. The van der Waals surface area contributed by atoms with E-state index in [9.17, 15) is 0 Å². The molecule has 0 saturated carbocycles. The number of hydrogen-bond donors (Lipinski definition) is 0. The van der Waals surface area contributed by atoms with E-state index in [0.29, 0.717) is 28.9 Å². The highest BCUT2D eigenvalue weighted by Gasteiger charge is 2.20. The van der Waals surface area contributed by atoms with E-state index in [-0.39, 0.29) is 0 Å². The molecular formula is C55H33N5O2. The maximum atomic E-state index is 6.52. The summed E-state index contributed by atoms with van der Waals surface area (Å²) in [6, 6.07) is 67.8. The Morgan fingerprint density at radius 3 is 1.10 bits per heavy atom. The molecule has 7 heteroatoms. The van der Waals surface area contributed by atoms with Crippen molar-refractivity contribution in [3.63, 3.8) is 0 Å². The Labute approximate surface area is 355 Å². The molecule has 0 atom stereocenters. The number of benzene rings is 8. The van der Waals surface area contributed by atoms with Gasteiger partial charge in [0.2, 0.25) is 0 Å². The van der Waals surface area contributed by atoms with Gasteiger partial charge in [0.05, 0.1) is 0 Å². The predicted molar refractivity (Wildman–Crippen MR) is 248 cm³/mol. The summed E-state index contributed by atoms with van der Waals surface area (Å²) in [5, 5.41) is 3.02. The lowest BCUT2D eigenvalue weighted by atomic mass is 9.99. The summed E-state index contributed by atoms with van der Waals surface area (Å²) < 4.78 is 12.9. The van der Waals surface area contributed by atoms with Crippen LogP contribution in [0, 0.1) is 0 Å². The lowest BCUT2D eigenvalue weighted by molar-refractivity contribution is 0.667. The van der Waals surface area contributed by atoms with Crippen LogP contribution in [-0.4, -0.2) is 24.9 Å². The molecule has 62 heavy (non-hydrogen) atoms. The Bertz CT molecular complexity index is 3550. The number of nitrogens with zero attached hydrogens (tertiary/aromatic N) is 5. The number of hydrogen-bond acceptors (Lipinski definition) is 7. The quantitative estimate of drug-likeness (QED) is 0.159. The molecule has 0 aliphatic rings. The smallest absolute Gasteiger partial charge is 0.180 e. The van der Waals surface area contributed by atoms with Crippen LogP contribution >= 0.6 is 0 Å². The summed E-state index contributed by atoms with van der Waals surface area (Å²) in [4.78, 5) is 24.8. The van der Waals surface area contributed by atoms with E-state index in [1.807, 2.05) is 115 Å². The van der Waals surface area contributed by atoms with Gasteiger partial charge in [0.1, 0.15) is 28.0 Å². The highest BCUT2D eigenvalue weighted by molar-refractivity contribution is 6.10. The van der Waals surface area contributed by atoms with E-state index in [1.54, 1.807) is 0 Å². The standard InChI is InChI=1S/C55H33N5O2/c1-5-13-35(14-6-1)49-51-50(57-52(56-49)36-15-7-2-8-16-36)45-33-42(27-30-48(45)62-51)41-26-29-47-44(32-41)43-31-40(25-28-46(43)61-47)34-21-23-39(24-22-34)55-59-53(37-17-9-3-10-18-37)58-54(60-55)38-19-11-4-12-20-38/h1-33H. The van der Waals surface area contributed by atoms with Gasteiger partial charge in [-0.05, 0) is 58.7 Å². The zero-order valence-corrected chi connectivity index (χ0v) is 33.1. The molecule has 0 saturated heterocycles. The number of furan rings is 2. The Kier molecular flexibility index (Phi) is 8.35. The van der Waals surface area contributed by atoms with Gasteiger partial charge in [-0.2, -0.15) is 0 Å².